The van der Waals surface area contributed by atoms with Gasteiger partial charge in [-0.15, -0.1) is 0 Å². The maximum absolute atomic E-state index is 11.9. The number of hydrogen-bond acceptors (Lipinski definition) is 5. The van der Waals surface area contributed by atoms with Crippen molar-refractivity contribution in [2.45, 2.75) is 58.1 Å². The number of nitrogens with one attached hydrogen (secondary N) is 1. The van der Waals surface area contributed by atoms with Crippen LogP contribution in [-0.4, -0.2) is 45.7 Å². The summed E-state index contributed by atoms with van der Waals surface area (Å²) in [4.78, 5) is 26.1. The highest BCUT2D eigenvalue weighted by Gasteiger charge is 2.27. The summed E-state index contributed by atoms with van der Waals surface area (Å²) in [6, 6.07) is 12.6. The van der Waals surface area contributed by atoms with E-state index in [1.54, 1.807) is 0 Å². The van der Waals surface area contributed by atoms with Gasteiger partial charge in [0.05, 0.1) is 29.9 Å². The molecular weight excluding hydrogens is 436 g/mol. The standard InChI is InChI=1S/C29H34N4O2/c1-19(23-6-5-7-25-28(23)32-26(34)16-31-25)14-22-18-33(12-13-35-22)17-21-9-8-20-10-11-30-15-24(20)27(21)29(2,3)4/h5-11,15-16,19,22H,12-14,17-18H2,1-4H3,(H,32,34). The molecule has 0 radical (unpaired) electrons. The van der Waals surface area contributed by atoms with Crippen LogP contribution < -0.4 is 5.56 Å². The summed E-state index contributed by atoms with van der Waals surface area (Å²) < 4.78 is 6.20. The first-order valence-corrected chi connectivity index (χ1v) is 12.5. The Morgan fingerprint density at radius 2 is 2.03 bits per heavy atom. The molecule has 0 saturated carbocycles. The predicted octanol–water partition coefficient (Wildman–Crippen LogP) is 5.16. The average Bonchev–Trinajstić information content (AvgIpc) is 2.83. The van der Waals surface area contributed by atoms with E-state index in [2.05, 4.69) is 71.8 Å². The fraction of sp³-hybridized carbons (Fsp3) is 0.414. The van der Waals surface area contributed by atoms with E-state index in [-0.39, 0.29) is 23.0 Å². The molecule has 1 aliphatic heterocycles. The minimum Gasteiger partial charge on any atom is -0.376 e. The van der Waals surface area contributed by atoms with Crippen molar-refractivity contribution in [3.63, 3.8) is 0 Å². The lowest BCUT2D eigenvalue weighted by molar-refractivity contribution is -0.0372. The number of aromatic nitrogens is 3. The molecular formula is C29H34N4O2. The van der Waals surface area contributed by atoms with Crippen molar-refractivity contribution in [1.82, 2.24) is 19.9 Å². The number of rotatable bonds is 5. The van der Waals surface area contributed by atoms with Crippen LogP contribution in [0.25, 0.3) is 21.8 Å². The number of ether oxygens (including phenoxy) is 1. The highest BCUT2D eigenvalue weighted by atomic mass is 16.5. The lowest BCUT2D eigenvalue weighted by Gasteiger charge is -2.35. The summed E-state index contributed by atoms with van der Waals surface area (Å²) in [6.45, 7) is 12.5. The van der Waals surface area contributed by atoms with Crippen molar-refractivity contribution in [2.75, 3.05) is 19.7 Å². The summed E-state index contributed by atoms with van der Waals surface area (Å²) in [5, 5.41) is 2.49. The van der Waals surface area contributed by atoms with E-state index < -0.39 is 0 Å². The zero-order chi connectivity index (χ0) is 24.6. The Balaban J connectivity index is 1.35. The van der Waals surface area contributed by atoms with Gasteiger partial charge in [0.25, 0.3) is 5.56 Å². The van der Waals surface area contributed by atoms with Crippen LogP contribution in [0, 0.1) is 0 Å². The lowest BCUT2D eigenvalue weighted by Crippen LogP contribution is -2.42. The first kappa shape index (κ1) is 23.6. The molecule has 2 unspecified atom stereocenters. The quantitative estimate of drug-likeness (QED) is 0.436. The number of fused-ring (bicyclic) bond motifs is 2. The number of pyridine rings is 1. The van der Waals surface area contributed by atoms with Gasteiger partial charge in [-0.2, -0.15) is 0 Å². The molecule has 2 aromatic carbocycles. The number of H-pyrrole nitrogens is 1. The van der Waals surface area contributed by atoms with Crippen molar-refractivity contribution >= 4 is 21.8 Å². The van der Waals surface area contributed by atoms with Crippen LogP contribution in [0.3, 0.4) is 0 Å². The number of para-hydroxylation sites is 1. The van der Waals surface area contributed by atoms with Crippen LogP contribution in [0.15, 0.2) is 59.8 Å². The molecule has 5 rings (SSSR count). The zero-order valence-corrected chi connectivity index (χ0v) is 21.0. The number of aromatic amines is 1. The Labute approximate surface area is 206 Å². The highest BCUT2D eigenvalue weighted by molar-refractivity contribution is 5.87. The van der Waals surface area contributed by atoms with Crippen LogP contribution >= 0.6 is 0 Å². The normalized spacial score (nSPS) is 18.2. The molecule has 2 aromatic heterocycles. The molecule has 4 aromatic rings. The van der Waals surface area contributed by atoms with Crippen LogP contribution in [0.5, 0.6) is 0 Å². The number of morpholine rings is 1. The minimum absolute atomic E-state index is 0.0252. The van der Waals surface area contributed by atoms with Gasteiger partial charge < -0.3 is 9.72 Å². The molecule has 6 nitrogen and oxygen atoms in total. The van der Waals surface area contributed by atoms with Crippen molar-refractivity contribution in [2.24, 2.45) is 0 Å². The van der Waals surface area contributed by atoms with E-state index in [1.165, 1.54) is 28.1 Å². The molecule has 6 heteroatoms. The Hall–Kier alpha value is -3.09. The maximum Gasteiger partial charge on any atom is 0.266 e. The number of nitrogens with zero attached hydrogens (tertiary/aromatic N) is 3. The van der Waals surface area contributed by atoms with Gasteiger partial charge in [0.2, 0.25) is 0 Å². The molecule has 0 bridgehead atoms. The smallest absolute Gasteiger partial charge is 0.266 e. The Kier molecular flexibility index (Phi) is 6.43. The summed E-state index contributed by atoms with van der Waals surface area (Å²) >= 11 is 0. The van der Waals surface area contributed by atoms with E-state index >= 15 is 0 Å². The largest absolute Gasteiger partial charge is 0.376 e. The zero-order valence-electron chi connectivity index (χ0n) is 21.0. The monoisotopic (exact) mass is 470 g/mol. The third-order valence-corrected chi connectivity index (χ3v) is 7.07. The molecule has 0 spiro atoms. The summed E-state index contributed by atoms with van der Waals surface area (Å²) in [5.74, 6) is 0.236. The van der Waals surface area contributed by atoms with E-state index in [1.807, 2.05) is 24.5 Å². The second-order valence-electron chi connectivity index (χ2n) is 10.8. The maximum atomic E-state index is 11.9. The molecule has 0 aliphatic carbocycles. The molecule has 1 aliphatic rings. The molecule has 2 atom stereocenters. The first-order chi connectivity index (χ1) is 16.8. The van der Waals surface area contributed by atoms with E-state index in [0.717, 1.165) is 49.3 Å². The SMILES string of the molecule is CC(CC1CN(Cc2ccc3ccncc3c2C(C)(C)C)CCO1)c1cccc2ncc(=O)[nH]c12. The molecule has 3 heterocycles. The van der Waals surface area contributed by atoms with E-state index in [4.69, 9.17) is 4.74 Å². The predicted molar refractivity (Wildman–Crippen MR) is 141 cm³/mol. The van der Waals surface area contributed by atoms with Gasteiger partial charge in [0.15, 0.2) is 0 Å². The average molecular weight is 471 g/mol. The summed E-state index contributed by atoms with van der Waals surface area (Å²) in [7, 11) is 0. The fourth-order valence-corrected chi connectivity index (χ4v) is 5.55. The van der Waals surface area contributed by atoms with Crippen molar-refractivity contribution in [3.05, 3.63) is 82.0 Å². The number of benzene rings is 2. The fourth-order valence-electron chi connectivity index (χ4n) is 5.55. The topological polar surface area (TPSA) is 71.1 Å². The molecule has 35 heavy (non-hydrogen) atoms. The third kappa shape index (κ3) is 5.00. The molecule has 182 valence electrons. The van der Waals surface area contributed by atoms with Crippen LogP contribution in [0.4, 0.5) is 0 Å². The molecule has 0 amide bonds. The van der Waals surface area contributed by atoms with Gasteiger partial charge in [-0.25, -0.2) is 4.98 Å². The second kappa shape index (κ2) is 9.51. The minimum atomic E-state index is -0.169. The summed E-state index contributed by atoms with van der Waals surface area (Å²) in [5.41, 5.74) is 5.37. The van der Waals surface area contributed by atoms with Gasteiger partial charge in [-0.3, -0.25) is 14.7 Å². The van der Waals surface area contributed by atoms with Gasteiger partial charge >= 0.3 is 0 Å². The molecule has 1 fully saturated rings. The lowest BCUT2D eigenvalue weighted by atomic mass is 9.80. The van der Waals surface area contributed by atoms with Crippen molar-refractivity contribution in [3.8, 4) is 0 Å². The van der Waals surface area contributed by atoms with Crippen LogP contribution in [0.1, 0.15) is 56.7 Å². The highest BCUT2D eigenvalue weighted by Crippen LogP contribution is 2.34. The van der Waals surface area contributed by atoms with Gasteiger partial charge in [0, 0.05) is 37.4 Å². The Morgan fingerprint density at radius 3 is 2.86 bits per heavy atom. The van der Waals surface area contributed by atoms with E-state index in [0.29, 0.717) is 0 Å². The van der Waals surface area contributed by atoms with Gasteiger partial charge in [0.1, 0.15) is 0 Å². The van der Waals surface area contributed by atoms with E-state index in [9.17, 15) is 4.79 Å². The second-order valence-corrected chi connectivity index (χ2v) is 10.8. The first-order valence-electron chi connectivity index (χ1n) is 12.5. The Morgan fingerprint density at radius 1 is 1.17 bits per heavy atom. The van der Waals surface area contributed by atoms with Crippen molar-refractivity contribution in [1.29, 1.82) is 0 Å². The van der Waals surface area contributed by atoms with Crippen molar-refractivity contribution < 1.29 is 4.74 Å². The van der Waals surface area contributed by atoms with Crippen LogP contribution in [0.2, 0.25) is 0 Å². The number of hydrogen-bond donors (Lipinski definition) is 1. The summed E-state index contributed by atoms with van der Waals surface area (Å²) in [6.07, 6.45) is 6.24. The molecule has 1 saturated heterocycles. The molecule has 1 N–H and O–H groups in total. The third-order valence-electron chi connectivity index (χ3n) is 7.07. The van der Waals surface area contributed by atoms with Crippen LogP contribution in [-0.2, 0) is 16.7 Å². The Bertz CT molecular complexity index is 1410. The van der Waals surface area contributed by atoms with Gasteiger partial charge in [-0.05, 0) is 52.0 Å². The van der Waals surface area contributed by atoms with Gasteiger partial charge in [-0.1, -0.05) is 52.0 Å².